The molecule has 0 amide bonds. The van der Waals surface area contributed by atoms with Crippen LogP contribution < -0.4 is 4.90 Å². The Morgan fingerprint density at radius 3 is 1.23 bits per heavy atom. The lowest BCUT2D eigenvalue weighted by molar-refractivity contribution is 1.16. The quantitative estimate of drug-likeness (QED) is 0.157. The van der Waals surface area contributed by atoms with Gasteiger partial charge in [-0.25, -0.2) is 0 Å². The van der Waals surface area contributed by atoms with Crippen molar-refractivity contribution in [3.8, 4) is 33.6 Å². The monoisotopic (exact) mass is 777 g/mol. The second-order valence-corrected chi connectivity index (χ2v) is 15.8. The summed E-state index contributed by atoms with van der Waals surface area (Å²) in [4.78, 5) is 2.38. The molecule has 0 unspecified atom stereocenters. The molecule has 2 aromatic heterocycles. The molecule has 0 N–H and O–H groups in total. The van der Waals surface area contributed by atoms with Gasteiger partial charge in [-0.1, -0.05) is 158 Å². The Hall–Kier alpha value is -8.14. The molecule has 3 nitrogen and oxygen atoms in total. The highest BCUT2D eigenvalue weighted by Crippen LogP contribution is 2.40. The van der Waals surface area contributed by atoms with E-state index < -0.39 is 0 Å². The van der Waals surface area contributed by atoms with Crippen LogP contribution in [0, 0.1) is 0 Å². The fraction of sp³-hybridized carbons (Fsp3) is 0. The van der Waals surface area contributed by atoms with E-state index in [4.69, 9.17) is 0 Å². The van der Waals surface area contributed by atoms with Crippen LogP contribution in [0.25, 0.3) is 88.0 Å². The fourth-order valence-corrected chi connectivity index (χ4v) is 9.49. The summed E-state index contributed by atoms with van der Waals surface area (Å²) in [6, 6.07) is 85.9. The van der Waals surface area contributed by atoms with E-state index in [1.165, 1.54) is 76.6 Å². The van der Waals surface area contributed by atoms with Gasteiger partial charge in [0.05, 0.1) is 22.1 Å². The zero-order chi connectivity index (χ0) is 40.3. The molecule has 286 valence electrons. The minimum Gasteiger partial charge on any atom is -0.310 e. The third-order valence-electron chi connectivity index (χ3n) is 12.3. The molecule has 0 spiro atoms. The van der Waals surface area contributed by atoms with Gasteiger partial charge in [0, 0.05) is 50.0 Å². The lowest BCUT2D eigenvalue weighted by Crippen LogP contribution is -2.10. The van der Waals surface area contributed by atoms with Crippen LogP contribution in [0.2, 0.25) is 0 Å². The molecule has 0 aliphatic rings. The Bertz CT molecular complexity index is 3460. The second-order valence-electron chi connectivity index (χ2n) is 15.8. The molecule has 0 bridgehead atoms. The first-order chi connectivity index (χ1) is 30.3. The first-order valence-corrected chi connectivity index (χ1v) is 20.9. The molecule has 12 aromatic rings. The molecule has 3 heteroatoms. The molecule has 0 saturated heterocycles. The van der Waals surface area contributed by atoms with E-state index in [1.54, 1.807) is 0 Å². The standard InChI is InChI=1S/C58H39N3/c1-2-17-49-42(13-1)14-11-22-50(49)43-29-27-40(28-30-43)41-31-33-44(34-32-41)59(45-35-37-46(38-36-45)60-55-23-7-3-18-51(55)52-19-4-8-24-56(52)60)47-15-12-16-48(39-47)61-57-25-9-5-20-53(57)54-21-6-10-26-58(54)61/h1-39H. The van der Waals surface area contributed by atoms with Crippen LogP contribution in [-0.2, 0) is 0 Å². The lowest BCUT2D eigenvalue weighted by Gasteiger charge is -2.27. The molecule has 0 fully saturated rings. The number of benzene rings is 10. The highest BCUT2D eigenvalue weighted by molar-refractivity contribution is 6.10. The SMILES string of the molecule is c1cc(N(c2ccc(-c3ccc(-c4cccc5ccccc45)cc3)cc2)c2ccc(-n3c4ccccc4c4ccccc43)cc2)cc(-n2c3ccccc3c3ccccc32)c1. The smallest absolute Gasteiger partial charge is 0.0541 e. The van der Waals surface area contributed by atoms with E-state index in [9.17, 15) is 0 Å². The zero-order valence-electron chi connectivity index (χ0n) is 33.4. The first kappa shape index (κ1) is 34.9. The summed E-state index contributed by atoms with van der Waals surface area (Å²) < 4.78 is 4.77. The van der Waals surface area contributed by atoms with Crippen molar-refractivity contribution >= 4 is 71.4 Å². The zero-order valence-corrected chi connectivity index (χ0v) is 33.4. The number of hydrogen-bond donors (Lipinski definition) is 0. The molecule has 12 rings (SSSR count). The maximum Gasteiger partial charge on any atom is 0.0541 e. The Morgan fingerprint density at radius 2 is 0.672 bits per heavy atom. The maximum atomic E-state index is 2.39. The van der Waals surface area contributed by atoms with Gasteiger partial charge in [-0.15, -0.1) is 0 Å². The van der Waals surface area contributed by atoms with Gasteiger partial charge < -0.3 is 14.0 Å². The number of para-hydroxylation sites is 4. The van der Waals surface area contributed by atoms with E-state index in [2.05, 4.69) is 251 Å². The molecule has 61 heavy (non-hydrogen) atoms. The fourth-order valence-electron chi connectivity index (χ4n) is 9.49. The van der Waals surface area contributed by atoms with Crippen LogP contribution in [0.4, 0.5) is 17.1 Å². The van der Waals surface area contributed by atoms with Crippen molar-refractivity contribution in [2.45, 2.75) is 0 Å². The van der Waals surface area contributed by atoms with Gasteiger partial charge in [0.25, 0.3) is 0 Å². The van der Waals surface area contributed by atoms with Crippen molar-refractivity contribution in [1.29, 1.82) is 0 Å². The first-order valence-electron chi connectivity index (χ1n) is 20.9. The highest BCUT2D eigenvalue weighted by atomic mass is 15.1. The summed E-state index contributed by atoms with van der Waals surface area (Å²) in [5.74, 6) is 0. The van der Waals surface area contributed by atoms with Crippen LogP contribution in [0.3, 0.4) is 0 Å². The average Bonchev–Trinajstić information content (AvgIpc) is 3.85. The van der Waals surface area contributed by atoms with Gasteiger partial charge in [-0.05, 0) is 112 Å². The Labute approximate surface area is 354 Å². The maximum absolute atomic E-state index is 2.39. The molecular weight excluding hydrogens is 739 g/mol. The number of hydrogen-bond acceptors (Lipinski definition) is 1. The molecule has 0 radical (unpaired) electrons. The van der Waals surface area contributed by atoms with Gasteiger partial charge in [0.15, 0.2) is 0 Å². The van der Waals surface area contributed by atoms with Crippen LogP contribution >= 0.6 is 0 Å². The number of nitrogens with zero attached hydrogens (tertiary/aromatic N) is 3. The van der Waals surface area contributed by atoms with Crippen LogP contribution in [0.15, 0.2) is 237 Å². The van der Waals surface area contributed by atoms with Crippen molar-refractivity contribution < 1.29 is 0 Å². The lowest BCUT2D eigenvalue weighted by atomic mass is 9.96. The Kier molecular flexibility index (Phi) is 8.17. The second kappa shape index (κ2) is 14.3. The van der Waals surface area contributed by atoms with E-state index in [0.29, 0.717) is 0 Å². The van der Waals surface area contributed by atoms with Gasteiger partial charge in [-0.2, -0.15) is 0 Å². The van der Waals surface area contributed by atoms with Crippen molar-refractivity contribution in [1.82, 2.24) is 9.13 Å². The number of anilines is 3. The number of fused-ring (bicyclic) bond motifs is 7. The summed E-state index contributed by atoms with van der Waals surface area (Å²) in [7, 11) is 0. The third kappa shape index (κ3) is 5.82. The highest BCUT2D eigenvalue weighted by Gasteiger charge is 2.18. The van der Waals surface area contributed by atoms with Crippen LogP contribution in [-0.4, -0.2) is 9.13 Å². The predicted octanol–water partition coefficient (Wildman–Crippen LogP) is 15.8. The Balaban J connectivity index is 0.961. The molecular formula is C58H39N3. The molecule has 2 heterocycles. The van der Waals surface area contributed by atoms with E-state index in [-0.39, 0.29) is 0 Å². The summed E-state index contributed by atoms with van der Waals surface area (Å²) in [5.41, 5.74) is 15.1. The summed E-state index contributed by atoms with van der Waals surface area (Å²) in [5, 5.41) is 7.55. The van der Waals surface area contributed by atoms with Crippen molar-refractivity contribution in [2.24, 2.45) is 0 Å². The summed E-state index contributed by atoms with van der Waals surface area (Å²) >= 11 is 0. The normalized spacial score (nSPS) is 11.6. The van der Waals surface area contributed by atoms with Crippen molar-refractivity contribution in [2.75, 3.05) is 4.90 Å². The molecule has 0 saturated carbocycles. The minimum absolute atomic E-state index is 1.08. The summed E-state index contributed by atoms with van der Waals surface area (Å²) in [6.45, 7) is 0. The number of aromatic nitrogens is 2. The largest absolute Gasteiger partial charge is 0.310 e. The predicted molar refractivity (Wildman–Crippen MR) is 258 cm³/mol. The average molecular weight is 778 g/mol. The molecule has 0 aliphatic heterocycles. The van der Waals surface area contributed by atoms with E-state index >= 15 is 0 Å². The minimum atomic E-state index is 1.08. The van der Waals surface area contributed by atoms with Crippen LogP contribution in [0.5, 0.6) is 0 Å². The van der Waals surface area contributed by atoms with E-state index in [0.717, 1.165) is 28.4 Å². The van der Waals surface area contributed by atoms with Gasteiger partial charge >= 0.3 is 0 Å². The third-order valence-corrected chi connectivity index (χ3v) is 12.3. The van der Waals surface area contributed by atoms with Crippen LogP contribution in [0.1, 0.15) is 0 Å². The molecule has 0 aliphatic carbocycles. The van der Waals surface area contributed by atoms with Gasteiger partial charge in [0.2, 0.25) is 0 Å². The molecule has 10 aromatic carbocycles. The molecule has 0 atom stereocenters. The van der Waals surface area contributed by atoms with Gasteiger partial charge in [-0.3, -0.25) is 0 Å². The van der Waals surface area contributed by atoms with E-state index in [1.807, 2.05) is 0 Å². The topological polar surface area (TPSA) is 13.1 Å². The Morgan fingerprint density at radius 1 is 0.262 bits per heavy atom. The summed E-state index contributed by atoms with van der Waals surface area (Å²) in [6.07, 6.45) is 0. The number of rotatable bonds is 7. The van der Waals surface area contributed by atoms with Crippen molar-refractivity contribution in [3.05, 3.63) is 237 Å². The van der Waals surface area contributed by atoms with Crippen molar-refractivity contribution in [3.63, 3.8) is 0 Å². The van der Waals surface area contributed by atoms with Gasteiger partial charge in [0.1, 0.15) is 0 Å².